The Hall–Kier alpha value is -1.02. The Balaban J connectivity index is 2.94. The number of benzene rings is 1. The number of hydrogen-bond donors (Lipinski definition) is 1. The predicted octanol–water partition coefficient (Wildman–Crippen LogP) is 4.00. The van der Waals surface area contributed by atoms with Crippen molar-refractivity contribution in [2.45, 2.75) is 46.0 Å². The molecule has 0 saturated carbocycles. The zero-order valence-corrected chi connectivity index (χ0v) is 9.79. The third kappa shape index (κ3) is 3.24. The van der Waals surface area contributed by atoms with Gasteiger partial charge in [-0.1, -0.05) is 33.3 Å². The monoisotopic (exact) mass is 208 g/mol. The van der Waals surface area contributed by atoms with Crippen molar-refractivity contribution in [1.82, 2.24) is 0 Å². The van der Waals surface area contributed by atoms with Crippen molar-refractivity contribution >= 4 is 0 Å². The van der Waals surface area contributed by atoms with E-state index in [0.29, 0.717) is 11.7 Å². The fourth-order valence-corrected chi connectivity index (χ4v) is 1.79. The Morgan fingerprint density at radius 3 is 2.60 bits per heavy atom. The zero-order valence-electron chi connectivity index (χ0n) is 9.79. The molecule has 2 nitrogen and oxygen atoms in total. The second-order valence-electron chi connectivity index (χ2n) is 4.21. The summed E-state index contributed by atoms with van der Waals surface area (Å²) < 4.78 is 0. The quantitative estimate of drug-likeness (QED) is 0.585. The van der Waals surface area contributed by atoms with Crippen molar-refractivity contribution in [3.63, 3.8) is 0 Å². The molecule has 15 heavy (non-hydrogen) atoms. The Morgan fingerprint density at radius 1 is 1.33 bits per heavy atom. The predicted molar refractivity (Wildman–Crippen MR) is 62.4 cm³/mol. The molecule has 0 saturated heterocycles. The summed E-state index contributed by atoms with van der Waals surface area (Å²) in [6, 6.07) is 5.79. The Bertz CT molecular complexity index is 305. The van der Waals surface area contributed by atoms with Gasteiger partial charge < -0.3 is 4.89 Å². The van der Waals surface area contributed by atoms with Crippen molar-refractivity contribution in [1.29, 1.82) is 0 Å². The summed E-state index contributed by atoms with van der Waals surface area (Å²) in [4.78, 5) is 4.27. The first-order valence-electron chi connectivity index (χ1n) is 5.63. The van der Waals surface area contributed by atoms with Gasteiger partial charge in [-0.25, -0.2) is 5.26 Å². The topological polar surface area (TPSA) is 29.5 Å². The van der Waals surface area contributed by atoms with Gasteiger partial charge in [0.1, 0.15) is 0 Å². The summed E-state index contributed by atoms with van der Waals surface area (Å²) in [5.74, 6) is 1.05. The lowest BCUT2D eigenvalue weighted by Gasteiger charge is -2.13. The Kier molecular flexibility index (Phi) is 4.63. The van der Waals surface area contributed by atoms with Crippen molar-refractivity contribution in [2.24, 2.45) is 0 Å². The van der Waals surface area contributed by atoms with Crippen LogP contribution in [0.1, 0.15) is 50.7 Å². The van der Waals surface area contributed by atoms with Gasteiger partial charge in [-0.3, -0.25) is 0 Å². The molecule has 0 heterocycles. The van der Waals surface area contributed by atoms with Gasteiger partial charge in [0.2, 0.25) is 0 Å². The van der Waals surface area contributed by atoms with E-state index >= 15 is 0 Å². The van der Waals surface area contributed by atoms with Gasteiger partial charge in [0.05, 0.1) is 0 Å². The van der Waals surface area contributed by atoms with Crippen LogP contribution in [0, 0.1) is 0 Å². The molecular formula is C13H20O2. The highest BCUT2D eigenvalue weighted by Crippen LogP contribution is 2.25. The molecule has 0 fully saturated rings. The minimum atomic E-state index is 0.518. The first kappa shape index (κ1) is 12.1. The van der Waals surface area contributed by atoms with E-state index in [1.807, 2.05) is 18.2 Å². The van der Waals surface area contributed by atoms with Crippen molar-refractivity contribution in [3.8, 4) is 5.75 Å². The third-order valence-corrected chi connectivity index (χ3v) is 2.64. The van der Waals surface area contributed by atoms with Crippen molar-refractivity contribution < 1.29 is 10.1 Å². The van der Waals surface area contributed by atoms with E-state index in [9.17, 15) is 0 Å². The van der Waals surface area contributed by atoms with Gasteiger partial charge in [0, 0.05) is 0 Å². The molecular weight excluding hydrogens is 188 g/mol. The summed E-state index contributed by atoms with van der Waals surface area (Å²) in [5.41, 5.74) is 2.64. The van der Waals surface area contributed by atoms with Crippen LogP contribution in [-0.2, 0) is 6.42 Å². The summed E-state index contributed by atoms with van der Waals surface area (Å²) in [6.45, 7) is 6.55. The highest BCUT2D eigenvalue weighted by Gasteiger charge is 2.07. The molecule has 2 heteroatoms. The number of aryl methyl sites for hydroxylation is 1. The summed E-state index contributed by atoms with van der Waals surface area (Å²) in [6.07, 6.45) is 3.41. The molecule has 0 radical (unpaired) electrons. The van der Waals surface area contributed by atoms with E-state index in [0.717, 1.165) is 6.42 Å². The van der Waals surface area contributed by atoms with E-state index in [1.54, 1.807) is 0 Å². The normalized spacial score (nSPS) is 10.7. The van der Waals surface area contributed by atoms with E-state index in [4.69, 9.17) is 5.26 Å². The van der Waals surface area contributed by atoms with E-state index in [2.05, 4.69) is 25.7 Å². The van der Waals surface area contributed by atoms with Crippen LogP contribution in [0.25, 0.3) is 0 Å². The largest absolute Gasteiger partial charge is 0.340 e. The molecule has 0 amide bonds. The minimum absolute atomic E-state index is 0.518. The van der Waals surface area contributed by atoms with E-state index < -0.39 is 0 Å². The maximum atomic E-state index is 8.62. The standard InChI is InChI=1S/C13H20O2/c1-4-5-6-11-9-12(15-14)7-8-13(11)10(2)3/h7-10,14H,4-6H2,1-3H3. The van der Waals surface area contributed by atoms with Crippen LogP contribution in [0.3, 0.4) is 0 Å². The van der Waals surface area contributed by atoms with Gasteiger partial charge in [0.15, 0.2) is 5.75 Å². The molecule has 0 aliphatic heterocycles. The molecule has 1 rings (SSSR count). The maximum absolute atomic E-state index is 8.62. The second-order valence-corrected chi connectivity index (χ2v) is 4.21. The van der Waals surface area contributed by atoms with Crippen molar-refractivity contribution in [3.05, 3.63) is 29.3 Å². The maximum Gasteiger partial charge on any atom is 0.165 e. The van der Waals surface area contributed by atoms with Gasteiger partial charge in [-0.15, -0.1) is 0 Å². The average Bonchev–Trinajstić information content (AvgIpc) is 2.25. The van der Waals surface area contributed by atoms with Gasteiger partial charge >= 0.3 is 0 Å². The Morgan fingerprint density at radius 2 is 2.07 bits per heavy atom. The van der Waals surface area contributed by atoms with Crippen LogP contribution < -0.4 is 4.89 Å². The third-order valence-electron chi connectivity index (χ3n) is 2.64. The molecule has 0 unspecified atom stereocenters. The molecule has 0 aliphatic carbocycles. The summed E-state index contributed by atoms with van der Waals surface area (Å²) in [7, 11) is 0. The van der Waals surface area contributed by atoms with E-state index in [-0.39, 0.29) is 0 Å². The second kappa shape index (κ2) is 5.76. The fraction of sp³-hybridized carbons (Fsp3) is 0.538. The lowest BCUT2D eigenvalue weighted by atomic mass is 9.94. The lowest BCUT2D eigenvalue weighted by molar-refractivity contribution is -0.137. The Labute approximate surface area is 91.8 Å². The summed E-state index contributed by atoms with van der Waals surface area (Å²) in [5, 5.41) is 8.62. The van der Waals surface area contributed by atoms with Crippen molar-refractivity contribution in [2.75, 3.05) is 0 Å². The SMILES string of the molecule is CCCCc1cc(OO)ccc1C(C)C. The molecule has 0 aromatic heterocycles. The molecule has 1 aromatic carbocycles. The minimum Gasteiger partial charge on any atom is -0.340 e. The molecule has 0 aliphatic rings. The van der Waals surface area contributed by atoms with Gasteiger partial charge in [-0.05, 0) is 42.0 Å². The molecule has 1 aromatic rings. The van der Waals surface area contributed by atoms with Gasteiger partial charge in [0.25, 0.3) is 0 Å². The first-order valence-corrected chi connectivity index (χ1v) is 5.63. The molecule has 0 spiro atoms. The van der Waals surface area contributed by atoms with Gasteiger partial charge in [-0.2, -0.15) is 0 Å². The van der Waals surface area contributed by atoms with Crippen LogP contribution in [0.5, 0.6) is 5.75 Å². The highest BCUT2D eigenvalue weighted by molar-refractivity contribution is 5.37. The number of unbranched alkanes of at least 4 members (excludes halogenated alkanes) is 1. The molecule has 84 valence electrons. The molecule has 1 N–H and O–H groups in total. The van der Waals surface area contributed by atoms with E-state index in [1.165, 1.54) is 24.0 Å². The zero-order chi connectivity index (χ0) is 11.3. The van der Waals surface area contributed by atoms with Crippen LogP contribution >= 0.6 is 0 Å². The molecule has 0 atom stereocenters. The summed E-state index contributed by atoms with van der Waals surface area (Å²) >= 11 is 0. The fourth-order valence-electron chi connectivity index (χ4n) is 1.79. The highest BCUT2D eigenvalue weighted by atomic mass is 17.1. The van der Waals surface area contributed by atoms with Crippen LogP contribution in [0.15, 0.2) is 18.2 Å². The molecule has 0 bridgehead atoms. The average molecular weight is 208 g/mol. The first-order chi connectivity index (χ1) is 7.19. The number of hydrogen-bond acceptors (Lipinski definition) is 2. The lowest BCUT2D eigenvalue weighted by Crippen LogP contribution is -1.97. The van der Waals surface area contributed by atoms with Crippen LogP contribution in [-0.4, -0.2) is 5.26 Å². The number of rotatable bonds is 5. The van der Waals surface area contributed by atoms with Crippen LogP contribution in [0.2, 0.25) is 0 Å². The van der Waals surface area contributed by atoms with Crippen LogP contribution in [0.4, 0.5) is 0 Å². The smallest absolute Gasteiger partial charge is 0.165 e.